The molecule has 616 valence electrons. The maximum absolute atomic E-state index is 10.2. The van der Waals surface area contributed by atoms with Crippen LogP contribution in [0.1, 0.15) is 92.0 Å². The fourth-order valence-electron chi connectivity index (χ4n) is 11.7. The monoisotopic (exact) mass is 1610 g/mol. The summed E-state index contributed by atoms with van der Waals surface area (Å²) in [5.41, 5.74) is 10.2. The second-order valence-electron chi connectivity index (χ2n) is 26.5. The molecule has 0 amide bonds. The minimum absolute atomic E-state index is 0.0325. The lowest BCUT2D eigenvalue weighted by Gasteiger charge is -2.21. The van der Waals surface area contributed by atoms with Crippen molar-refractivity contribution in [3.8, 4) is 41.4 Å². The number of ether oxygens (including phenoxy) is 5. The summed E-state index contributed by atoms with van der Waals surface area (Å²) in [5, 5.41) is 92.6. The number of rotatable bonds is 40. The molecule has 0 aliphatic rings. The van der Waals surface area contributed by atoms with Crippen LogP contribution in [0.2, 0.25) is 0 Å². The number of fused-ring (bicyclic) bond motifs is 1. The number of nitrogens with zero attached hydrogens (tertiary/aromatic N) is 26. The van der Waals surface area contributed by atoms with Gasteiger partial charge in [0.1, 0.15) is 52.6 Å². The van der Waals surface area contributed by atoms with Crippen LogP contribution < -0.4 is 42.0 Å². The quantitative estimate of drug-likeness (QED) is 0.0131. The molecular formula is C80H96N34O5. The number of aromatic amines is 1. The summed E-state index contributed by atoms with van der Waals surface area (Å²) in [6, 6.07) is 17.4. The number of aryl methyl sites for hydroxylation is 3. The summed E-state index contributed by atoms with van der Waals surface area (Å²) in [6.45, 7) is 35.8. The van der Waals surface area contributed by atoms with Crippen LogP contribution in [0.4, 0.5) is 81.3 Å². The molecule has 11 aromatic rings. The second kappa shape index (κ2) is 44.3. The van der Waals surface area contributed by atoms with E-state index in [0.29, 0.717) is 169 Å². The second-order valence-corrected chi connectivity index (χ2v) is 26.5. The molecule has 4 unspecified atom stereocenters. The Bertz CT molecular complexity index is 5410. The summed E-state index contributed by atoms with van der Waals surface area (Å²) in [7, 11) is 6.52. The molecule has 1 aromatic carbocycles. The zero-order valence-corrected chi connectivity index (χ0v) is 68.7. The fraction of sp³-hybridized carbons (Fsp3) is 0.338. The van der Waals surface area contributed by atoms with Crippen molar-refractivity contribution in [2.24, 2.45) is 30.7 Å². The van der Waals surface area contributed by atoms with Gasteiger partial charge in [0, 0.05) is 96.6 Å². The van der Waals surface area contributed by atoms with Crippen molar-refractivity contribution in [1.29, 1.82) is 15.8 Å². The third-order valence-corrected chi connectivity index (χ3v) is 16.7. The number of pyridine rings is 2. The number of methoxy groups -OCH3 is 4. The van der Waals surface area contributed by atoms with E-state index in [4.69, 9.17) is 33.7 Å². The van der Waals surface area contributed by atoms with Gasteiger partial charge in [-0.15, -0.1) is 72.3 Å². The van der Waals surface area contributed by atoms with E-state index in [1.165, 1.54) is 15.7 Å². The molecule has 0 saturated carbocycles. The number of allylic oxidation sites excluding steroid dienone is 2. The molecule has 39 nitrogen and oxygen atoms in total. The van der Waals surface area contributed by atoms with Gasteiger partial charge >= 0.3 is 0 Å². The van der Waals surface area contributed by atoms with Crippen molar-refractivity contribution in [3.05, 3.63) is 181 Å². The molecule has 119 heavy (non-hydrogen) atoms. The third kappa shape index (κ3) is 23.6. The Morgan fingerprint density at radius 1 is 0.546 bits per heavy atom. The summed E-state index contributed by atoms with van der Waals surface area (Å²) >= 11 is 0. The van der Waals surface area contributed by atoms with Gasteiger partial charge in [0.25, 0.3) is 0 Å². The Labute approximate surface area is 688 Å². The first kappa shape index (κ1) is 88.4. The van der Waals surface area contributed by atoms with Gasteiger partial charge < -0.3 is 65.9 Å². The van der Waals surface area contributed by atoms with Crippen molar-refractivity contribution < 1.29 is 23.7 Å². The number of benzene rings is 1. The predicted molar refractivity (Wildman–Crippen MR) is 454 cm³/mol. The highest BCUT2D eigenvalue weighted by Gasteiger charge is 2.27. The van der Waals surface area contributed by atoms with E-state index in [1.807, 2.05) is 61.5 Å². The lowest BCUT2D eigenvalue weighted by atomic mass is 10.1. The number of nitriles is 3. The van der Waals surface area contributed by atoms with Gasteiger partial charge in [-0.2, -0.15) is 45.4 Å². The number of hydrogen-bond acceptors (Lipinski definition) is 35. The average Bonchev–Trinajstić information content (AvgIpc) is 1.66. The Balaban J connectivity index is 0.000000208. The van der Waals surface area contributed by atoms with Crippen LogP contribution >= 0.6 is 0 Å². The highest BCUT2D eigenvalue weighted by atomic mass is 16.5. The SMILES string of the molecule is C=CCNc1nc(CC=C)c(N=Nc2nn(-c3cccnc3)cc2C#N)c(NCC=C)n1.C=CCc1nc(NC(C)COC)nc(NC(C)COC)c1N=Nc1nn(-c2cccnc2)c(OCC)c1C#N.CCc1c(C#N)c(N=Nc2c(NC(C)COC)nc(Nc3c(C)cc(C)cc3C)nc2NC(C)COC)nn1-c1nc2ncncc2[nH]1. The number of imidazole rings is 1. The van der Waals surface area contributed by atoms with Crippen LogP contribution in [0.15, 0.2) is 161 Å². The molecule has 11 rings (SSSR count). The van der Waals surface area contributed by atoms with Gasteiger partial charge in [-0.1, -0.05) is 48.9 Å². The molecule has 39 heteroatoms. The predicted octanol–water partition coefficient (Wildman–Crippen LogP) is 14.4. The maximum Gasteiger partial charge on any atom is 0.237 e. The summed E-state index contributed by atoms with van der Waals surface area (Å²) in [6.07, 6.45) is 19.3. The van der Waals surface area contributed by atoms with Crippen LogP contribution in [0.25, 0.3) is 28.5 Å². The first-order chi connectivity index (χ1) is 57.8. The van der Waals surface area contributed by atoms with Crippen LogP contribution in [0.5, 0.6) is 5.88 Å². The van der Waals surface area contributed by atoms with E-state index in [2.05, 4.69) is 197 Å². The maximum atomic E-state index is 10.2. The number of nitrogens with one attached hydrogen (secondary N) is 8. The van der Waals surface area contributed by atoms with Crippen LogP contribution in [0.3, 0.4) is 0 Å². The molecule has 10 aromatic heterocycles. The van der Waals surface area contributed by atoms with Crippen molar-refractivity contribution in [2.45, 2.75) is 106 Å². The van der Waals surface area contributed by atoms with Crippen LogP contribution in [0, 0.1) is 54.8 Å². The molecule has 8 N–H and O–H groups in total. The summed E-state index contributed by atoms with van der Waals surface area (Å²) in [4.78, 5) is 52.1. The van der Waals surface area contributed by atoms with E-state index in [9.17, 15) is 15.8 Å². The van der Waals surface area contributed by atoms with Gasteiger partial charge in [-0.25, -0.2) is 29.3 Å². The highest BCUT2D eigenvalue weighted by Crippen LogP contribution is 2.40. The van der Waals surface area contributed by atoms with E-state index in [1.54, 1.807) is 113 Å². The Morgan fingerprint density at radius 3 is 1.61 bits per heavy atom. The number of azo groups is 3. The van der Waals surface area contributed by atoms with E-state index in [0.717, 1.165) is 22.4 Å². The summed E-state index contributed by atoms with van der Waals surface area (Å²) < 4.78 is 31.6. The largest absolute Gasteiger partial charge is 0.477 e. The Morgan fingerprint density at radius 2 is 1.07 bits per heavy atom. The molecular weight excluding hydrogens is 1520 g/mol. The topological polar surface area (TPSA) is 487 Å². The number of H-pyrrole nitrogens is 1. The van der Waals surface area contributed by atoms with Gasteiger partial charge in [0.05, 0.1) is 86.3 Å². The molecule has 0 fully saturated rings. The van der Waals surface area contributed by atoms with Crippen molar-refractivity contribution in [2.75, 3.05) is 112 Å². The van der Waals surface area contributed by atoms with Crippen molar-refractivity contribution in [3.63, 3.8) is 0 Å². The average molecular weight is 1610 g/mol. The lowest BCUT2D eigenvalue weighted by Crippen LogP contribution is -2.25. The normalized spacial score (nSPS) is 12.1. The minimum Gasteiger partial charge on any atom is -0.477 e. The van der Waals surface area contributed by atoms with Gasteiger partial charge in [-0.3, -0.25) is 9.97 Å². The number of hydrogen-bond donors (Lipinski definition) is 8. The third-order valence-electron chi connectivity index (χ3n) is 16.7. The molecule has 0 bridgehead atoms. The minimum atomic E-state index is -0.143. The van der Waals surface area contributed by atoms with Crippen LogP contribution in [-0.4, -0.2) is 188 Å². The first-order valence-corrected chi connectivity index (χ1v) is 37.7. The van der Waals surface area contributed by atoms with E-state index in [-0.39, 0.29) is 64.2 Å². The van der Waals surface area contributed by atoms with E-state index < -0.39 is 0 Å². The number of anilines is 8. The Kier molecular flexibility index (Phi) is 32.9. The molecule has 4 atom stereocenters. The highest BCUT2D eigenvalue weighted by molar-refractivity contribution is 5.78. The number of aromatic nitrogens is 18. The first-order valence-electron chi connectivity index (χ1n) is 37.7. The standard InChI is InChI=1S/C32H40N14O2.C26H34N10O3.C22H22N10/c1-9-24-22(12-33)27(45-46(24)32-38-23-13-34-16-35-28(23)42-32)44-43-26-29(36-20(5)14-47-7)40-31(41-30(26)37-21(6)15-48-8)39-25-18(3)10-17(2)11-19(25)4;1-7-10-21-22(24(29-17(3)15-37-5)32-26(31-21)30-18(4)16-38-6)33-34-23-20(13-27)25(39-8-2)36(35-23)19-11-9-12-28-14-19;1-4-8-18-19(21(25-10-5-2)28-22(27-18)26-11-6-3)29-30-20-16(13-23)15-32(31-20)17-9-7-12-24-14-17/h10-11,13,16,20-21H,9,14-15H2,1-8H3,(H,34,35,38,42)(H3,36,37,39,40,41);7,9,11-12,14,17-18H,1,8,10,15-16H2,2-6H3,(H2,29,30,31,32);4-7,9,12,14-15H,1-3,8,10-11H2,(H2,25,26,27,28). The van der Waals surface area contributed by atoms with Gasteiger partial charge in [0.15, 0.2) is 40.2 Å². The van der Waals surface area contributed by atoms with Crippen LogP contribution in [-0.2, 0) is 38.2 Å². The molecule has 10 heterocycles. The molecule has 0 spiro atoms. The summed E-state index contributed by atoms with van der Waals surface area (Å²) in [5.74, 6) is 3.90. The molecule has 0 aliphatic heterocycles. The van der Waals surface area contributed by atoms with Crippen molar-refractivity contribution in [1.82, 2.24) is 89.1 Å². The Hall–Kier alpha value is -14.6. The zero-order valence-electron chi connectivity index (χ0n) is 68.7. The smallest absolute Gasteiger partial charge is 0.237 e. The van der Waals surface area contributed by atoms with Crippen molar-refractivity contribution >= 4 is 92.5 Å². The van der Waals surface area contributed by atoms with Gasteiger partial charge in [0.2, 0.25) is 47.1 Å². The molecule has 0 aliphatic carbocycles. The lowest BCUT2D eigenvalue weighted by molar-refractivity contribution is 0.190. The van der Waals surface area contributed by atoms with Gasteiger partial charge in [-0.05, 0) is 97.2 Å². The molecule has 0 saturated heterocycles. The fourth-order valence-corrected chi connectivity index (χ4v) is 11.7. The van der Waals surface area contributed by atoms with E-state index >= 15 is 0 Å². The molecule has 0 radical (unpaired) electrons. The zero-order chi connectivity index (χ0) is 85.3.